The van der Waals surface area contributed by atoms with Gasteiger partial charge < -0.3 is 0 Å². The molecule has 3 heteroatoms. The summed E-state index contributed by atoms with van der Waals surface area (Å²) in [6.45, 7) is 4.19. The van der Waals surface area contributed by atoms with Crippen LogP contribution in [0.3, 0.4) is 0 Å². The normalized spacial score (nSPS) is 12.4. The van der Waals surface area contributed by atoms with Gasteiger partial charge in [-0.1, -0.05) is 58.4 Å². The number of hydrazine groups is 1. The van der Waals surface area contributed by atoms with Gasteiger partial charge >= 0.3 is 0 Å². The Morgan fingerprint density at radius 1 is 1.00 bits per heavy atom. The predicted octanol–water partition coefficient (Wildman–Crippen LogP) is 3.62. The van der Waals surface area contributed by atoms with E-state index in [1.54, 1.807) is 0 Å². The lowest BCUT2D eigenvalue weighted by atomic mass is 9.96. The molecule has 0 fully saturated rings. The Balaban J connectivity index is 2.46. The maximum atomic E-state index is 5.71. The van der Waals surface area contributed by atoms with Crippen molar-refractivity contribution in [3.8, 4) is 0 Å². The molecule has 2 rings (SSSR count). The van der Waals surface area contributed by atoms with Gasteiger partial charge in [0.2, 0.25) is 0 Å². The highest BCUT2D eigenvalue weighted by molar-refractivity contribution is 9.10. The Labute approximate surface area is 116 Å². The van der Waals surface area contributed by atoms with Crippen LogP contribution in [0.15, 0.2) is 46.9 Å². The molecule has 1 unspecified atom stereocenters. The zero-order chi connectivity index (χ0) is 13.1. The molecule has 0 aliphatic carbocycles. The molecule has 18 heavy (non-hydrogen) atoms. The Hall–Kier alpha value is -1.16. The molecule has 0 saturated heterocycles. The lowest BCUT2D eigenvalue weighted by Gasteiger charge is -2.19. The fourth-order valence-corrected chi connectivity index (χ4v) is 2.41. The fraction of sp³-hybridized carbons (Fsp3) is 0.200. The first-order valence-electron chi connectivity index (χ1n) is 5.91. The van der Waals surface area contributed by atoms with Crippen molar-refractivity contribution in [1.82, 2.24) is 5.43 Å². The van der Waals surface area contributed by atoms with Crippen molar-refractivity contribution in [2.24, 2.45) is 5.84 Å². The van der Waals surface area contributed by atoms with E-state index in [4.69, 9.17) is 5.84 Å². The van der Waals surface area contributed by atoms with E-state index in [2.05, 4.69) is 59.5 Å². The van der Waals surface area contributed by atoms with Crippen molar-refractivity contribution < 1.29 is 0 Å². The van der Waals surface area contributed by atoms with Crippen molar-refractivity contribution in [1.29, 1.82) is 0 Å². The maximum absolute atomic E-state index is 5.71. The topological polar surface area (TPSA) is 38.0 Å². The first-order valence-corrected chi connectivity index (χ1v) is 6.70. The van der Waals surface area contributed by atoms with E-state index >= 15 is 0 Å². The minimum Gasteiger partial charge on any atom is -0.271 e. The summed E-state index contributed by atoms with van der Waals surface area (Å²) in [5.74, 6) is 5.71. The Morgan fingerprint density at radius 3 is 2.06 bits per heavy atom. The number of hydrogen-bond acceptors (Lipinski definition) is 2. The van der Waals surface area contributed by atoms with Gasteiger partial charge in [-0.05, 0) is 36.1 Å². The van der Waals surface area contributed by atoms with E-state index in [0.717, 1.165) is 4.47 Å². The van der Waals surface area contributed by atoms with Crippen LogP contribution in [0.2, 0.25) is 0 Å². The molecule has 0 saturated carbocycles. The highest BCUT2D eigenvalue weighted by Crippen LogP contribution is 2.28. The second-order valence-corrected chi connectivity index (χ2v) is 5.27. The molecule has 0 aliphatic rings. The zero-order valence-electron chi connectivity index (χ0n) is 10.6. The largest absolute Gasteiger partial charge is 0.271 e. The summed E-state index contributed by atoms with van der Waals surface area (Å²) < 4.78 is 1.16. The molecule has 0 radical (unpaired) electrons. The number of aryl methyl sites for hydroxylation is 2. The summed E-state index contributed by atoms with van der Waals surface area (Å²) in [5.41, 5.74) is 7.69. The van der Waals surface area contributed by atoms with Crippen LogP contribution in [0, 0.1) is 13.8 Å². The first-order chi connectivity index (χ1) is 8.63. The minimum atomic E-state index is 0.0247. The van der Waals surface area contributed by atoms with Gasteiger partial charge in [0.1, 0.15) is 0 Å². The summed E-state index contributed by atoms with van der Waals surface area (Å²) in [7, 11) is 0. The van der Waals surface area contributed by atoms with Gasteiger partial charge in [0.25, 0.3) is 0 Å². The fourth-order valence-electron chi connectivity index (χ4n) is 2.18. The Bertz CT molecular complexity index is 514. The molecule has 1 atom stereocenters. The van der Waals surface area contributed by atoms with Gasteiger partial charge in [-0.15, -0.1) is 0 Å². The van der Waals surface area contributed by atoms with E-state index in [1.165, 1.54) is 22.3 Å². The summed E-state index contributed by atoms with van der Waals surface area (Å²) in [4.78, 5) is 0. The van der Waals surface area contributed by atoms with E-state index in [-0.39, 0.29) is 6.04 Å². The average Bonchev–Trinajstić information content (AvgIpc) is 2.38. The molecule has 2 aromatic carbocycles. The molecule has 0 heterocycles. The second-order valence-electron chi connectivity index (χ2n) is 4.48. The van der Waals surface area contributed by atoms with Gasteiger partial charge in [0.15, 0.2) is 0 Å². The molecule has 0 bridgehead atoms. The third kappa shape index (κ3) is 2.64. The smallest absolute Gasteiger partial charge is 0.0710 e. The molecule has 0 aromatic heterocycles. The van der Waals surface area contributed by atoms with Gasteiger partial charge in [-0.3, -0.25) is 5.84 Å². The quantitative estimate of drug-likeness (QED) is 0.671. The summed E-state index contributed by atoms with van der Waals surface area (Å²) >= 11 is 3.59. The summed E-state index contributed by atoms with van der Waals surface area (Å²) in [6.07, 6.45) is 0. The monoisotopic (exact) mass is 304 g/mol. The molecule has 0 aliphatic heterocycles. The Kier molecular flexibility index (Phi) is 4.17. The standard InChI is InChI=1S/C15H17BrN2/c1-10-8-13(9-11(2)14(10)16)15(18-17)12-6-4-3-5-7-12/h3-9,15,18H,17H2,1-2H3. The SMILES string of the molecule is Cc1cc(C(NN)c2ccccc2)cc(C)c1Br. The third-order valence-corrected chi connectivity index (χ3v) is 4.34. The van der Waals surface area contributed by atoms with E-state index < -0.39 is 0 Å². The van der Waals surface area contributed by atoms with E-state index in [0.29, 0.717) is 0 Å². The second kappa shape index (κ2) is 5.65. The summed E-state index contributed by atoms with van der Waals surface area (Å²) in [5, 5.41) is 0. The lowest BCUT2D eigenvalue weighted by molar-refractivity contribution is 0.636. The molecule has 2 nitrogen and oxygen atoms in total. The zero-order valence-corrected chi connectivity index (χ0v) is 12.2. The molecule has 3 N–H and O–H groups in total. The van der Waals surface area contributed by atoms with Gasteiger partial charge in [0, 0.05) is 4.47 Å². The number of nitrogens with one attached hydrogen (secondary N) is 1. The van der Waals surface area contributed by atoms with Crippen molar-refractivity contribution in [3.05, 3.63) is 69.2 Å². The van der Waals surface area contributed by atoms with Crippen LogP contribution < -0.4 is 11.3 Å². The van der Waals surface area contributed by atoms with Crippen LogP contribution >= 0.6 is 15.9 Å². The van der Waals surface area contributed by atoms with Crippen LogP contribution in [-0.2, 0) is 0 Å². The molecular formula is C15H17BrN2. The Morgan fingerprint density at radius 2 is 1.56 bits per heavy atom. The highest BCUT2D eigenvalue weighted by Gasteiger charge is 2.13. The minimum absolute atomic E-state index is 0.0247. The van der Waals surface area contributed by atoms with Crippen molar-refractivity contribution in [2.75, 3.05) is 0 Å². The first kappa shape index (κ1) is 13.3. The van der Waals surface area contributed by atoms with Crippen LogP contribution in [0.4, 0.5) is 0 Å². The number of benzene rings is 2. The van der Waals surface area contributed by atoms with Crippen LogP contribution in [-0.4, -0.2) is 0 Å². The highest BCUT2D eigenvalue weighted by atomic mass is 79.9. The molecule has 0 spiro atoms. The van der Waals surface area contributed by atoms with Crippen molar-refractivity contribution in [2.45, 2.75) is 19.9 Å². The number of nitrogens with two attached hydrogens (primary N) is 1. The van der Waals surface area contributed by atoms with Crippen LogP contribution in [0.1, 0.15) is 28.3 Å². The third-order valence-electron chi connectivity index (χ3n) is 3.09. The van der Waals surface area contributed by atoms with Crippen LogP contribution in [0.5, 0.6) is 0 Å². The molecular weight excluding hydrogens is 288 g/mol. The molecule has 0 amide bonds. The average molecular weight is 305 g/mol. The number of hydrogen-bond donors (Lipinski definition) is 2. The molecule has 2 aromatic rings. The van der Waals surface area contributed by atoms with E-state index in [1.807, 2.05) is 18.2 Å². The van der Waals surface area contributed by atoms with Gasteiger partial charge in [-0.25, -0.2) is 5.43 Å². The lowest BCUT2D eigenvalue weighted by Crippen LogP contribution is -2.28. The molecule has 94 valence electrons. The van der Waals surface area contributed by atoms with Gasteiger partial charge in [0.05, 0.1) is 6.04 Å². The van der Waals surface area contributed by atoms with E-state index in [9.17, 15) is 0 Å². The van der Waals surface area contributed by atoms with Crippen molar-refractivity contribution in [3.63, 3.8) is 0 Å². The van der Waals surface area contributed by atoms with Crippen molar-refractivity contribution >= 4 is 15.9 Å². The van der Waals surface area contributed by atoms with Gasteiger partial charge in [-0.2, -0.15) is 0 Å². The summed E-state index contributed by atoms with van der Waals surface area (Å²) in [6, 6.07) is 14.6. The maximum Gasteiger partial charge on any atom is 0.0710 e. The van der Waals surface area contributed by atoms with Crippen LogP contribution in [0.25, 0.3) is 0 Å². The predicted molar refractivity (Wildman–Crippen MR) is 79.2 cm³/mol. The number of rotatable bonds is 3. The number of halogens is 1.